The average Bonchev–Trinajstić information content (AvgIpc) is 2.51. The summed E-state index contributed by atoms with van der Waals surface area (Å²) in [4.78, 5) is 4.30. The summed E-state index contributed by atoms with van der Waals surface area (Å²) in [5.41, 5.74) is 1.30. The van der Waals surface area contributed by atoms with Crippen molar-refractivity contribution >= 4 is 49.6 Å². The highest BCUT2D eigenvalue weighted by Crippen LogP contribution is 2.31. The minimum Gasteiger partial charge on any atom is -0.326 e. The van der Waals surface area contributed by atoms with Crippen LogP contribution in [0.25, 0.3) is 11.0 Å². The molecule has 0 saturated heterocycles. The molecular formula is C11H11BrFIN2. The number of halogens is 3. The third-order valence-corrected chi connectivity index (χ3v) is 4.94. The predicted octanol–water partition coefficient (Wildman–Crippen LogP) is 4.43. The fraction of sp³-hybridized carbons (Fsp3) is 0.364. The molecule has 0 aliphatic rings. The van der Waals surface area contributed by atoms with Gasteiger partial charge in [-0.15, -0.1) is 0 Å². The van der Waals surface area contributed by atoms with Crippen LogP contribution in [0.1, 0.15) is 25.7 Å². The molecule has 1 aromatic heterocycles. The Morgan fingerprint density at radius 1 is 1.50 bits per heavy atom. The number of aryl methyl sites for hydroxylation is 1. The van der Waals surface area contributed by atoms with Gasteiger partial charge in [-0.1, -0.05) is 0 Å². The first-order chi connectivity index (χ1) is 7.43. The molecule has 5 heteroatoms. The van der Waals surface area contributed by atoms with E-state index in [2.05, 4.69) is 34.8 Å². The average molecular weight is 397 g/mol. The van der Waals surface area contributed by atoms with E-state index >= 15 is 0 Å². The fourth-order valence-electron chi connectivity index (χ4n) is 1.90. The van der Waals surface area contributed by atoms with Gasteiger partial charge in [0.2, 0.25) is 0 Å². The van der Waals surface area contributed by atoms with Crippen LogP contribution < -0.4 is 0 Å². The number of hydrogen-bond acceptors (Lipinski definition) is 1. The number of nitrogens with zero attached hydrogens (tertiary/aromatic N) is 2. The van der Waals surface area contributed by atoms with Gasteiger partial charge in [0, 0.05) is 10.5 Å². The van der Waals surface area contributed by atoms with Gasteiger partial charge in [0.05, 0.1) is 9.09 Å². The van der Waals surface area contributed by atoms with Crippen molar-refractivity contribution in [3.05, 3.63) is 25.8 Å². The van der Waals surface area contributed by atoms with Crippen molar-refractivity contribution in [1.29, 1.82) is 0 Å². The lowest BCUT2D eigenvalue weighted by atomic mass is 10.3. The second-order valence-corrected chi connectivity index (χ2v) is 5.91. The minimum absolute atomic E-state index is 0.243. The van der Waals surface area contributed by atoms with Crippen LogP contribution in [0.15, 0.2) is 10.5 Å². The van der Waals surface area contributed by atoms with Gasteiger partial charge in [0.25, 0.3) is 0 Å². The van der Waals surface area contributed by atoms with Crippen molar-refractivity contribution in [3.8, 4) is 0 Å². The number of benzene rings is 1. The highest BCUT2D eigenvalue weighted by Gasteiger charge is 2.17. The van der Waals surface area contributed by atoms with Gasteiger partial charge >= 0.3 is 0 Å². The lowest BCUT2D eigenvalue weighted by Crippen LogP contribution is -2.02. The van der Waals surface area contributed by atoms with Crippen molar-refractivity contribution in [3.63, 3.8) is 0 Å². The first kappa shape index (κ1) is 12.3. The minimum atomic E-state index is -0.243. The molecule has 2 nitrogen and oxygen atoms in total. The van der Waals surface area contributed by atoms with Gasteiger partial charge in [-0.25, -0.2) is 9.37 Å². The van der Waals surface area contributed by atoms with Gasteiger partial charge in [-0.2, -0.15) is 0 Å². The zero-order valence-corrected chi connectivity index (χ0v) is 12.9. The smallest absolute Gasteiger partial charge is 0.165 e. The zero-order chi connectivity index (χ0) is 12.0. The Morgan fingerprint density at radius 2 is 2.12 bits per heavy atom. The predicted molar refractivity (Wildman–Crippen MR) is 75.2 cm³/mol. The third-order valence-electron chi connectivity index (χ3n) is 2.51. The van der Waals surface area contributed by atoms with Crippen LogP contribution in [0.4, 0.5) is 4.39 Å². The van der Waals surface area contributed by atoms with Gasteiger partial charge in [0.1, 0.15) is 11.3 Å². The van der Waals surface area contributed by atoms with E-state index in [0.29, 0.717) is 9.09 Å². The van der Waals surface area contributed by atoms with Crippen molar-refractivity contribution < 1.29 is 4.39 Å². The standard InChI is InChI=1S/C11H11BrFIN2/c1-5(2)16-6(3)15-11-8(16)4-7(12)10(14)9(11)13/h4-5H,1-3H3. The molecule has 0 atom stereocenters. The highest BCUT2D eigenvalue weighted by molar-refractivity contribution is 14.1. The van der Waals surface area contributed by atoms with E-state index < -0.39 is 0 Å². The lowest BCUT2D eigenvalue weighted by molar-refractivity contribution is 0.599. The molecule has 2 rings (SSSR count). The second-order valence-electron chi connectivity index (χ2n) is 3.98. The Balaban J connectivity index is 2.91. The van der Waals surface area contributed by atoms with Crippen molar-refractivity contribution in [2.75, 3.05) is 0 Å². The van der Waals surface area contributed by atoms with Crippen LogP contribution in [0.3, 0.4) is 0 Å². The van der Waals surface area contributed by atoms with Crippen LogP contribution in [-0.2, 0) is 0 Å². The van der Waals surface area contributed by atoms with E-state index in [1.165, 1.54) is 0 Å². The summed E-state index contributed by atoms with van der Waals surface area (Å²) < 4.78 is 17.4. The summed E-state index contributed by atoms with van der Waals surface area (Å²) in [6.07, 6.45) is 0. The molecule has 86 valence electrons. The maximum Gasteiger partial charge on any atom is 0.165 e. The van der Waals surface area contributed by atoms with Crippen LogP contribution in [0, 0.1) is 16.3 Å². The first-order valence-electron chi connectivity index (χ1n) is 4.95. The summed E-state index contributed by atoms with van der Waals surface area (Å²) in [5, 5.41) is 0. The summed E-state index contributed by atoms with van der Waals surface area (Å²) in [7, 11) is 0. The molecule has 0 N–H and O–H groups in total. The zero-order valence-electron chi connectivity index (χ0n) is 9.18. The molecule has 1 aromatic carbocycles. The third kappa shape index (κ3) is 1.77. The summed E-state index contributed by atoms with van der Waals surface area (Å²) in [6, 6.07) is 2.21. The topological polar surface area (TPSA) is 17.8 Å². The lowest BCUT2D eigenvalue weighted by Gasteiger charge is -2.11. The molecule has 0 radical (unpaired) electrons. The van der Waals surface area contributed by atoms with Crippen LogP contribution >= 0.6 is 38.5 Å². The van der Waals surface area contributed by atoms with Crippen molar-refractivity contribution in [2.45, 2.75) is 26.8 Å². The molecule has 0 aliphatic carbocycles. The molecular weight excluding hydrogens is 386 g/mol. The van der Waals surface area contributed by atoms with Crippen LogP contribution in [0.5, 0.6) is 0 Å². The van der Waals surface area contributed by atoms with E-state index in [-0.39, 0.29) is 11.9 Å². The molecule has 0 unspecified atom stereocenters. The summed E-state index contributed by atoms with van der Waals surface area (Å²) in [5.74, 6) is 0.602. The monoisotopic (exact) mass is 396 g/mol. The maximum atomic E-state index is 14.0. The molecule has 16 heavy (non-hydrogen) atoms. The molecule has 0 saturated carbocycles. The maximum absolute atomic E-state index is 14.0. The molecule has 0 aliphatic heterocycles. The van der Waals surface area contributed by atoms with Gasteiger partial charge in [0.15, 0.2) is 5.82 Å². The SMILES string of the molecule is Cc1nc2c(F)c(I)c(Br)cc2n1C(C)C. The largest absolute Gasteiger partial charge is 0.326 e. The quantitative estimate of drug-likeness (QED) is 0.515. The molecule has 1 heterocycles. The van der Waals surface area contributed by atoms with E-state index in [1.54, 1.807) is 0 Å². The molecule has 0 amide bonds. The van der Waals surface area contributed by atoms with Crippen molar-refractivity contribution in [1.82, 2.24) is 9.55 Å². The molecule has 0 bridgehead atoms. The van der Waals surface area contributed by atoms with E-state index in [0.717, 1.165) is 15.8 Å². The first-order valence-corrected chi connectivity index (χ1v) is 6.82. The van der Waals surface area contributed by atoms with Crippen LogP contribution in [-0.4, -0.2) is 9.55 Å². The van der Waals surface area contributed by atoms with E-state index in [4.69, 9.17) is 0 Å². The number of hydrogen-bond donors (Lipinski definition) is 0. The van der Waals surface area contributed by atoms with E-state index in [1.807, 2.05) is 40.1 Å². The normalized spacial score (nSPS) is 11.7. The number of imidazole rings is 1. The second kappa shape index (κ2) is 4.25. The number of aromatic nitrogens is 2. The summed E-state index contributed by atoms with van der Waals surface area (Å²) >= 11 is 5.36. The Kier molecular flexibility index (Phi) is 3.27. The number of rotatable bonds is 1. The Morgan fingerprint density at radius 3 is 2.69 bits per heavy atom. The molecule has 0 fully saturated rings. The summed E-state index contributed by atoms with van der Waals surface area (Å²) in [6.45, 7) is 6.04. The fourth-order valence-corrected chi connectivity index (χ4v) is 2.71. The van der Waals surface area contributed by atoms with Gasteiger partial charge in [-0.05, 0) is 65.4 Å². The Labute approximate surface area is 116 Å². The van der Waals surface area contributed by atoms with Gasteiger partial charge < -0.3 is 4.57 Å². The molecule has 2 aromatic rings. The Hall–Kier alpha value is -0.170. The molecule has 0 spiro atoms. The Bertz CT molecular complexity index is 563. The number of fused-ring (bicyclic) bond motifs is 1. The highest BCUT2D eigenvalue weighted by atomic mass is 127. The van der Waals surface area contributed by atoms with Crippen molar-refractivity contribution in [2.24, 2.45) is 0 Å². The van der Waals surface area contributed by atoms with Crippen LogP contribution in [0.2, 0.25) is 0 Å². The van der Waals surface area contributed by atoms with E-state index in [9.17, 15) is 4.39 Å². The van der Waals surface area contributed by atoms with Gasteiger partial charge in [-0.3, -0.25) is 0 Å².